The molecule has 6 atom stereocenters. The summed E-state index contributed by atoms with van der Waals surface area (Å²) >= 11 is 7.25. The van der Waals surface area contributed by atoms with Gasteiger partial charge in [-0.3, -0.25) is 34.2 Å². The van der Waals surface area contributed by atoms with E-state index in [2.05, 4.69) is 31.9 Å². The van der Waals surface area contributed by atoms with Gasteiger partial charge in [-0.25, -0.2) is 0 Å². The number of non-ortho nitro benzene ring substituents is 1. The lowest BCUT2D eigenvalue weighted by atomic mass is 9.81. The first-order valence-corrected chi connectivity index (χ1v) is 11.6. The molecule has 2 bridgehead atoms. The number of rotatable bonds is 7. The number of amides is 2. The van der Waals surface area contributed by atoms with E-state index in [1.807, 2.05) is 0 Å². The molecule has 1 saturated heterocycles. The molecule has 0 spiro atoms. The molecule has 1 heterocycles. The van der Waals surface area contributed by atoms with Crippen molar-refractivity contribution in [3.8, 4) is 0 Å². The lowest BCUT2D eigenvalue weighted by Gasteiger charge is -2.28. The topological polar surface area (TPSA) is 124 Å². The Morgan fingerprint density at radius 2 is 1.61 bits per heavy atom. The molecule has 31 heavy (non-hydrogen) atoms. The van der Waals surface area contributed by atoms with Crippen LogP contribution in [0.15, 0.2) is 24.3 Å². The predicted molar refractivity (Wildman–Crippen MR) is 114 cm³/mol. The van der Waals surface area contributed by atoms with Gasteiger partial charge in [0.05, 0.1) is 23.2 Å². The smallest absolute Gasteiger partial charge is 0.308 e. The summed E-state index contributed by atoms with van der Waals surface area (Å²) in [5.74, 6) is -2.14. The van der Waals surface area contributed by atoms with E-state index < -0.39 is 23.3 Å². The molecule has 3 aliphatic rings. The van der Waals surface area contributed by atoms with Gasteiger partial charge in [0.1, 0.15) is 0 Å². The second-order valence-electron chi connectivity index (χ2n) is 7.97. The summed E-state index contributed by atoms with van der Waals surface area (Å²) in [5, 5.41) is 10.7. The van der Waals surface area contributed by atoms with Gasteiger partial charge in [-0.1, -0.05) is 31.9 Å². The van der Waals surface area contributed by atoms with E-state index in [0.717, 1.165) is 11.3 Å². The zero-order valence-corrected chi connectivity index (χ0v) is 19.3. The van der Waals surface area contributed by atoms with Crippen LogP contribution in [-0.2, 0) is 19.1 Å². The molecule has 0 unspecified atom stereocenters. The maximum absolute atomic E-state index is 12.8. The Balaban J connectivity index is 1.28. The molecule has 1 aromatic carbocycles. The van der Waals surface area contributed by atoms with E-state index in [4.69, 9.17) is 4.74 Å². The third kappa shape index (κ3) is 3.82. The number of likely N-dealkylation sites (tertiary alicyclic amines) is 1. The normalized spacial score (nSPS) is 31.1. The van der Waals surface area contributed by atoms with Crippen molar-refractivity contribution < 1.29 is 28.8 Å². The second kappa shape index (κ2) is 8.42. The van der Waals surface area contributed by atoms with E-state index in [1.165, 1.54) is 24.3 Å². The fourth-order valence-electron chi connectivity index (χ4n) is 4.90. The number of hydrogen-bond donors (Lipinski definition) is 0. The summed E-state index contributed by atoms with van der Waals surface area (Å²) < 4.78 is 4.96. The molecule has 1 aromatic rings. The maximum Gasteiger partial charge on any atom is 0.308 e. The fraction of sp³-hybridized carbons (Fsp3) is 0.500. The van der Waals surface area contributed by atoms with Crippen LogP contribution in [0.3, 0.4) is 0 Å². The largest absolute Gasteiger partial charge is 0.457 e. The van der Waals surface area contributed by atoms with E-state index in [-0.39, 0.29) is 69.4 Å². The van der Waals surface area contributed by atoms with Crippen molar-refractivity contribution in [3.05, 3.63) is 39.9 Å². The number of hydrogen-bond acceptors (Lipinski definition) is 7. The molecule has 0 aromatic heterocycles. The van der Waals surface area contributed by atoms with Crippen LogP contribution in [0.1, 0.15) is 23.2 Å². The molecule has 3 fully saturated rings. The van der Waals surface area contributed by atoms with Gasteiger partial charge in [0.25, 0.3) is 5.69 Å². The number of halogens is 2. The summed E-state index contributed by atoms with van der Waals surface area (Å²) in [4.78, 5) is 61.3. The number of benzene rings is 1. The molecule has 11 heteroatoms. The zero-order valence-electron chi connectivity index (χ0n) is 16.1. The highest BCUT2D eigenvalue weighted by molar-refractivity contribution is 9.12. The Morgan fingerprint density at radius 1 is 1.06 bits per heavy atom. The molecule has 9 nitrogen and oxygen atoms in total. The number of ketones is 1. The van der Waals surface area contributed by atoms with Crippen molar-refractivity contribution in [2.75, 3.05) is 13.2 Å². The van der Waals surface area contributed by atoms with Gasteiger partial charge in [0.15, 0.2) is 12.4 Å². The summed E-state index contributed by atoms with van der Waals surface area (Å²) in [6.45, 7) is -0.598. The molecule has 2 saturated carbocycles. The van der Waals surface area contributed by atoms with Gasteiger partial charge in [-0.2, -0.15) is 0 Å². The van der Waals surface area contributed by atoms with Crippen LogP contribution in [-0.4, -0.2) is 56.2 Å². The molecule has 1 aliphatic heterocycles. The summed E-state index contributed by atoms with van der Waals surface area (Å²) in [6.07, 6.45) is 0.633. The van der Waals surface area contributed by atoms with Crippen molar-refractivity contribution in [1.82, 2.24) is 4.90 Å². The molecule has 0 N–H and O–H groups in total. The van der Waals surface area contributed by atoms with Crippen LogP contribution < -0.4 is 0 Å². The third-order valence-electron chi connectivity index (χ3n) is 6.38. The Morgan fingerprint density at radius 3 is 2.13 bits per heavy atom. The van der Waals surface area contributed by atoms with Crippen LogP contribution in [0.25, 0.3) is 0 Å². The van der Waals surface area contributed by atoms with Crippen LogP contribution in [0.4, 0.5) is 5.69 Å². The number of carbonyl (C=O) groups excluding carboxylic acids is 4. The standard InChI is InChI=1S/C20H18Br2N2O7/c21-17-11-7-12(18(17)22)16-15(11)19(27)23(20(16)28)6-5-14(26)31-8-13(25)9-1-3-10(4-2-9)24(29)30/h1-4,11-12,15-18H,5-8H2/t11-,12+,15-,16-,17+,18-/m0/s1. The Bertz CT molecular complexity index is 935. The van der Waals surface area contributed by atoms with Gasteiger partial charge >= 0.3 is 5.97 Å². The Hall–Kier alpha value is -2.14. The highest BCUT2D eigenvalue weighted by Crippen LogP contribution is 2.60. The van der Waals surface area contributed by atoms with Crippen LogP contribution in [0.2, 0.25) is 0 Å². The van der Waals surface area contributed by atoms with Crippen molar-refractivity contribution >= 4 is 61.1 Å². The van der Waals surface area contributed by atoms with Crippen LogP contribution in [0, 0.1) is 33.8 Å². The number of fused-ring (bicyclic) bond motifs is 5. The summed E-state index contributed by atoms with van der Waals surface area (Å²) in [5.41, 5.74) is 0.0319. The quantitative estimate of drug-likeness (QED) is 0.126. The maximum atomic E-state index is 12.8. The van der Waals surface area contributed by atoms with E-state index in [1.54, 1.807) is 0 Å². The molecule has 2 aliphatic carbocycles. The number of imide groups is 1. The third-order valence-corrected chi connectivity index (χ3v) is 9.59. The molecule has 164 valence electrons. The monoisotopic (exact) mass is 556 g/mol. The number of ether oxygens (including phenoxy) is 1. The minimum atomic E-state index is -0.701. The number of nitrogens with zero attached hydrogens (tertiary/aromatic N) is 2. The highest BCUT2D eigenvalue weighted by atomic mass is 79.9. The SMILES string of the molecule is O=C(CCN1C(=O)[C@H]2[C@@H]3C[C@@H]([C@H](Br)[C@@H]3Br)[C@@H]2C1=O)OCC(=O)c1ccc([N+](=O)[O-])cc1. The minimum absolute atomic E-state index is 0.0748. The van der Waals surface area contributed by atoms with E-state index in [9.17, 15) is 29.3 Å². The van der Waals surface area contributed by atoms with Gasteiger partial charge in [0.2, 0.25) is 11.8 Å². The number of carbonyl (C=O) groups is 4. The number of nitro groups is 1. The molecular formula is C20H18Br2N2O7. The highest BCUT2D eigenvalue weighted by Gasteiger charge is 2.66. The summed E-state index contributed by atoms with van der Waals surface area (Å²) in [6, 6.07) is 4.96. The number of esters is 1. The zero-order chi connectivity index (χ0) is 22.4. The molecule has 2 amide bonds. The lowest BCUT2D eigenvalue weighted by Crippen LogP contribution is -2.37. The van der Waals surface area contributed by atoms with Crippen molar-refractivity contribution in [2.45, 2.75) is 22.5 Å². The molecular weight excluding hydrogens is 540 g/mol. The van der Waals surface area contributed by atoms with E-state index >= 15 is 0 Å². The fourth-order valence-corrected chi connectivity index (χ4v) is 6.78. The first-order chi connectivity index (χ1) is 14.7. The Kier molecular flexibility index (Phi) is 5.99. The summed E-state index contributed by atoms with van der Waals surface area (Å²) in [7, 11) is 0. The van der Waals surface area contributed by atoms with Crippen molar-refractivity contribution in [2.24, 2.45) is 23.7 Å². The molecule has 0 radical (unpaired) electrons. The minimum Gasteiger partial charge on any atom is -0.457 e. The van der Waals surface area contributed by atoms with Gasteiger partial charge in [0, 0.05) is 33.9 Å². The molecule has 4 rings (SSSR count). The van der Waals surface area contributed by atoms with Crippen LogP contribution >= 0.6 is 31.9 Å². The Labute approximate surface area is 193 Å². The van der Waals surface area contributed by atoms with E-state index in [0.29, 0.717) is 0 Å². The predicted octanol–water partition coefficient (Wildman–Crippen LogP) is 2.49. The van der Waals surface area contributed by atoms with Gasteiger partial charge in [-0.15, -0.1) is 0 Å². The first kappa shape index (κ1) is 22.1. The van der Waals surface area contributed by atoms with Crippen molar-refractivity contribution in [3.63, 3.8) is 0 Å². The van der Waals surface area contributed by atoms with Crippen molar-refractivity contribution in [1.29, 1.82) is 0 Å². The van der Waals surface area contributed by atoms with Gasteiger partial charge in [-0.05, 0) is 30.4 Å². The number of nitro benzene ring substituents is 1. The average Bonchev–Trinajstić information content (AvgIpc) is 3.35. The van der Waals surface area contributed by atoms with Gasteiger partial charge < -0.3 is 4.74 Å². The first-order valence-electron chi connectivity index (χ1n) is 9.77. The van der Waals surface area contributed by atoms with Crippen LogP contribution in [0.5, 0.6) is 0 Å². The average molecular weight is 558 g/mol. The number of Topliss-reactive ketones (excluding diaryl/α,β-unsaturated/α-hetero) is 1. The lowest BCUT2D eigenvalue weighted by molar-refractivity contribution is -0.384. The second-order valence-corrected chi connectivity index (χ2v) is 10.1. The number of alkyl halides is 2.